The number of halogens is 4. The van der Waals surface area contributed by atoms with E-state index in [1.54, 1.807) is 18.6 Å². The van der Waals surface area contributed by atoms with E-state index in [4.69, 9.17) is 9.97 Å². The van der Waals surface area contributed by atoms with Gasteiger partial charge in [-0.3, -0.25) is 19.5 Å². The van der Waals surface area contributed by atoms with Gasteiger partial charge in [0.1, 0.15) is 11.1 Å². The molecule has 3 aromatic heterocycles. The summed E-state index contributed by atoms with van der Waals surface area (Å²) in [5.41, 5.74) is 0.0640. The number of fused-ring (bicyclic) bond motifs is 2. The zero-order valence-corrected chi connectivity index (χ0v) is 32.2. The van der Waals surface area contributed by atoms with Gasteiger partial charge in [-0.25, -0.2) is 27.5 Å². The SMILES string of the molecule is Cc1c(C(=O)NC2(C(F)F)CC2)cc(Nc2nc(-c3cnc4c(c3)N(C3CC(C)(N5CCCCCC5)C3)C(=O)C4(C)C)cc3ncn(C(C)C)c23)c(F)c1F. The second kappa shape index (κ2) is 13.3. The number of likely N-dealkylation sites (tertiary alicyclic amines) is 1. The second-order valence-electron chi connectivity index (χ2n) is 17.1. The highest BCUT2D eigenvalue weighted by atomic mass is 19.3. The highest BCUT2D eigenvalue weighted by molar-refractivity contribution is 6.08. The van der Waals surface area contributed by atoms with Crippen molar-refractivity contribution in [3.05, 3.63) is 59.2 Å². The Kier molecular flexibility index (Phi) is 9.01. The maximum atomic E-state index is 15.7. The molecule has 2 aliphatic carbocycles. The molecule has 2 amide bonds. The fraction of sp³-hybridized carbons (Fsp3) is 0.537. The van der Waals surface area contributed by atoms with Crippen molar-refractivity contribution >= 4 is 40.0 Å². The Balaban J connectivity index is 1.16. The highest BCUT2D eigenvalue weighted by Gasteiger charge is 2.55. The zero-order valence-electron chi connectivity index (χ0n) is 32.2. The van der Waals surface area contributed by atoms with Gasteiger partial charge in [-0.1, -0.05) is 12.8 Å². The molecule has 14 heteroatoms. The molecule has 0 spiro atoms. The van der Waals surface area contributed by atoms with Crippen LogP contribution in [-0.4, -0.2) is 72.9 Å². The minimum absolute atomic E-state index is 0.00869. The third-order valence-corrected chi connectivity index (χ3v) is 12.5. The number of hydrogen-bond acceptors (Lipinski definition) is 7. The number of nitrogens with one attached hydrogen (secondary N) is 2. The topological polar surface area (TPSA) is 108 Å². The predicted octanol–water partition coefficient (Wildman–Crippen LogP) is 8.35. The van der Waals surface area contributed by atoms with Crippen LogP contribution in [-0.2, 0) is 10.2 Å². The van der Waals surface area contributed by atoms with Crippen LogP contribution in [0.5, 0.6) is 0 Å². The van der Waals surface area contributed by atoms with Gasteiger partial charge in [-0.05, 0) is 111 Å². The molecule has 0 atom stereocenters. The molecule has 3 fully saturated rings. The van der Waals surface area contributed by atoms with Gasteiger partial charge in [0.2, 0.25) is 5.91 Å². The van der Waals surface area contributed by atoms with E-state index >= 15 is 8.78 Å². The highest BCUT2D eigenvalue weighted by Crippen LogP contribution is 2.50. The first-order valence-corrected chi connectivity index (χ1v) is 19.4. The molecule has 2 saturated carbocycles. The van der Waals surface area contributed by atoms with Gasteiger partial charge in [-0.15, -0.1) is 0 Å². The number of carbonyl (C=O) groups excluding carboxylic acids is 2. The Morgan fingerprint density at radius 3 is 2.29 bits per heavy atom. The van der Waals surface area contributed by atoms with Crippen LogP contribution in [0, 0.1) is 18.6 Å². The first-order chi connectivity index (χ1) is 26.0. The van der Waals surface area contributed by atoms with Gasteiger partial charge < -0.3 is 20.1 Å². The second-order valence-corrected chi connectivity index (χ2v) is 17.1. The van der Waals surface area contributed by atoms with Crippen molar-refractivity contribution in [3.8, 4) is 11.3 Å². The summed E-state index contributed by atoms with van der Waals surface area (Å²) in [4.78, 5) is 46.2. The largest absolute Gasteiger partial charge is 0.341 e. The molecule has 10 nitrogen and oxygen atoms in total. The van der Waals surface area contributed by atoms with E-state index in [0.29, 0.717) is 28.0 Å². The summed E-state index contributed by atoms with van der Waals surface area (Å²) in [6, 6.07) is 4.78. The summed E-state index contributed by atoms with van der Waals surface area (Å²) in [5, 5.41) is 5.27. The minimum atomic E-state index is -2.79. The molecular formula is C41H48F4N8O2. The lowest BCUT2D eigenvalue weighted by atomic mass is 9.71. The van der Waals surface area contributed by atoms with Crippen molar-refractivity contribution in [2.45, 2.75) is 128 Å². The Bertz CT molecular complexity index is 2200. The Hall–Kier alpha value is -4.59. The quantitative estimate of drug-likeness (QED) is 0.165. The van der Waals surface area contributed by atoms with E-state index in [9.17, 15) is 18.4 Å². The number of nitrogens with zero attached hydrogens (tertiary/aromatic N) is 6. The van der Waals surface area contributed by atoms with E-state index in [1.807, 2.05) is 43.2 Å². The van der Waals surface area contributed by atoms with Crippen molar-refractivity contribution in [2.75, 3.05) is 23.3 Å². The molecule has 5 heterocycles. The first kappa shape index (κ1) is 37.3. The van der Waals surface area contributed by atoms with Gasteiger partial charge in [0.25, 0.3) is 12.3 Å². The number of anilines is 3. The van der Waals surface area contributed by atoms with E-state index in [0.717, 1.165) is 37.7 Å². The number of benzene rings is 1. The summed E-state index contributed by atoms with van der Waals surface area (Å²) < 4.78 is 60.3. The zero-order chi connectivity index (χ0) is 39.2. The number of carbonyl (C=O) groups is 2. The monoisotopic (exact) mass is 760 g/mol. The van der Waals surface area contributed by atoms with Crippen LogP contribution in [0.4, 0.5) is 34.8 Å². The van der Waals surface area contributed by atoms with Crippen molar-refractivity contribution in [1.29, 1.82) is 0 Å². The number of aromatic nitrogens is 4. The fourth-order valence-corrected chi connectivity index (χ4v) is 8.82. The van der Waals surface area contributed by atoms with Gasteiger partial charge in [0, 0.05) is 40.5 Å². The molecule has 1 aromatic carbocycles. The predicted molar refractivity (Wildman–Crippen MR) is 203 cm³/mol. The number of amides is 2. The Morgan fingerprint density at radius 2 is 1.65 bits per heavy atom. The molecule has 0 bridgehead atoms. The molecule has 8 rings (SSSR count). The number of imidazole rings is 1. The average molecular weight is 761 g/mol. The van der Waals surface area contributed by atoms with Crippen LogP contribution in [0.3, 0.4) is 0 Å². The Labute approximate surface area is 318 Å². The molecule has 2 aliphatic heterocycles. The number of alkyl halides is 2. The van der Waals surface area contributed by atoms with Crippen molar-refractivity contribution in [2.24, 2.45) is 0 Å². The lowest BCUT2D eigenvalue weighted by Crippen LogP contribution is -2.63. The van der Waals surface area contributed by atoms with Gasteiger partial charge in [0.15, 0.2) is 17.5 Å². The molecule has 0 radical (unpaired) electrons. The lowest BCUT2D eigenvalue weighted by molar-refractivity contribution is -0.123. The van der Waals surface area contributed by atoms with Crippen LogP contribution in [0.1, 0.15) is 114 Å². The smallest absolute Gasteiger partial charge is 0.261 e. The van der Waals surface area contributed by atoms with Crippen molar-refractivity contribution < 1.29 is 27.2 Å². The molecule has 55 heavy (non-hydrogen) atoms. The number of rotatable bonds is 9. The minimum Gasteiger partial charge on any atom is -0.341 e. The Morgan fingerprint density at radius 1 is 0.964 bits per heavy atom. The molecule has 292 valence electrons. The molecule has 1 saturated heterocycles. The van der Waals surface area contributed by atoms with E-state index in [1.165, 1.54) is 32.6 Å². The normalized spacial score (nSPS) is 23.2. The molecule has 2 N–H and O–H groups in total. The maximum absolute atomic E-state index is 15.7. The van der Waals surface area contributed by atoms with Gasteiger partial charge in [0.05, 0.1) is 40.0 Å². The summed E-state index contributed by atoms with van der Waals surface area (Å²) in [6.07, 6.45) is 7.33. The van der Waals surface area contributed by atoms with Crippen LogP contribution < -0.4 is 15.5 Å². The number of hydrogen-bond donors (Lipinski definition) is 2. The summed E-state index contributed by atoms with van der Waals surface area (Å²) in [7, 11) is 0. The molecule has 4 aliphatic rings. The summed E-state index contributed by atoms with van der Waals surface area (Å²) >= 11 is 0. The van der Waals surface area contributed by atoms with E-state index in [-0.39, 0.29) is 59.0 Å². The third-order valence-electron chi connectivity index (χ3n) is 12.5. The third kappa shape index (κ3) is 6.15. The fourth-order valence-electron chi connectivity index (χ4n) is 8.82. The standard InChI is InChI=1S/C41H48F4N8O2/c1-22(2)52-21-47-29-17-27(48-35(33(29)52)49-28-16-26(23(3)31(42)32(28)43)36(54)50-41(11-12-41)37(44)45)24-15-30-34(46-20-24)39(4,5)38(55)53(30)25-18-40(6,19-25)51-13-9-7-8-10-14-51/h15-17,20-22,25,37H,7-14,18-19H2,1-6H3,(H,48,49)(H,50,54). The lowest BCUT2D eigenvalue weighted by Gasteiger charge is -2.54. The van der Waals surface area contributed by atoms with E-state index in [2.05, 4.69) is 27.4 Å². The van der Waals surface area contributed by atoms with E-state index < -0.39 is 34.9 Å². The number of pyridine rings is 2. The van der Waals surface area contributed by atoms with Gasteiger partial charge >= 0.3 is 0 Å². The average Bonchev–Trinajstić information content (AvgIpc) is 3.83. The molecule has 0 unspecified atom stereocenters. The van der Waals surface area contributed by atoms with Gasteiger partial charge in [-0.2, -0.15) is 0 Å². The van der Waals surface area contributed by atoms with Crippen molar-refractivity contribution in [3.63, 3.8) is 0 Å². The van der Waals surface area contributed by atoms with Crippen LogP contribution in [0.2, 0.25) is 0 Å². The maximum Gasteiger partial charge on any atom is 0.261 e. The van der Waals surface area contributed by atoms with Crippen molar-refractivity contribution in [1.82, 2.24) is 29.7 Å². The molecule has 4 aromatic rings. The van der Waals surface area contributed by atoms with Crippen LogP contribution in [0.25, 0.3) is 22.3 Å². The first-order valence-electron chi connectivity index (χ1n) is 19.4. The van der Waals surface area contributed by atoms with Crippen LogP contribution >= 0.6 is 0 Å². The summed E-state index contributed by atoms with van der Waals surface area (Å²) in [6.45, 7) is 13.4. The molecular weight excluding hydrogens is 712 g/mol. The van der Waals surface area contributed by atoms with Crippen LogP contribution in [0.15, 0.2) is 30.7 Å². The summed E-state index contributed by atoms with van der Waals surface area (Å²) in [5.74, 6) is -3.29.